The Labute approximate surface area is 130 Å². The van der Waals surface area contributed by atoms with Crippen molar-refractivity contribution in [2.75, 3.05) is 12.8 Å². The van der Waals surface area contributed by atoms with Crippen molar-refractivity contribution in [1.82, 2.24) is 9.71 Å². The Balaban J connectivity index is 2.16. The van der Waals surface area contributed by atoms with Gasteiger partial charge in [0.15, 0.2) is 5.69 Å². The molecule has 21 heavy (non-hydrogen) atoms. The first-order chi connectivity index (χ1) is 10.0. The van der Waals surface area contributed by atoms with E-state index in [1.165, 1.54) is 24.8 Å². The zero-order valence-electron chi connectivity index (χ0n) is 12.0. The van der Waals surface area contributed by atoms with E-state index in [-0.39, 0.29) is 15.3 Å². The standard InChI is InChI=1S/C14H19N3O2S2/c1-20-14(7-3-2-4-8-14)11-17-21(18,19)13-6-5-9-16-12(13)10-15/h5-6,9,17H,2-4,7-8,11H2,1H3. The van der Waals surface area contributed by atoms with Crippen LogP contribution < -0.4 is 4.72 Å². The van der Waals surface area contributed by atoms with E-state index in [0.29, 0.717) is 6.54 Å². The van der Waals surface area contributed by atoms with Crippen molar-refractivity contribution in [3.8, 4) is 6.07 Å². The van der Waals surface area contributed by atoms with Crippen LogP contribution in [0.2, 0.25) is 0 Å². The molecule has 0 unspecified atom stereocenters. The molecule has 0 saturated heterocycles. The van der Waals surface area contributed by atoms with E-state index in [2.05, 4.69) is 9.71 Å². The molecule has 0 amide bonds. The van der Waals surface area contributed by atoms with Crippen LogP contribution in [0.1, 0.15) is 37.8 Å². The highest BCUT2D eigenvalue weighted by Gasteiger charge is 2.33. The number of hydrogen-bond acceptors (Lipinski definition) is 5. The summed E-state index contributed by atoms with van der Waals surface area (Å²) >= 11 is 1.73. The number of nitriles is 1. The Morgan fingerprint density at radius 1 is 1.43 bits per heavy atom. The Kier molecular flexibility index (Phi) is 5.25. The molecule has 0 aromatic carbocycles. The lowest BCUT2D eigenvalue weighted by molar-refractivity contribution is 0.395. The third-order valence-corrected chi connectivity index (χ3v) is 6.80. The molecule has 1 fully saturated rings. The first-order valence-electron chi connectivity index (χ1n) is 6.93. The van der Waals surface area contributed by atoms with E-state index in [1.54, 1.807) is 11.8 Å². The topological polar surface area (TPSA) is 82.8 Å². The number of nitrogens with one attached hydrogen (secondary N) is 1. The maximum Gasteiger partial charge on any atom is 0.243 e. The van der Waals surface area contributed by atoms with Gasteiger partial charge in [0.25, 0.3) is 0 Å². The van der Waals surface area contributed by atoms with E-state index in [1.807, 2.05) is 12.3 Å². The van der Waals surface area contributed by atoms with Gasteiger partial charge in [-0.05, 0) is 31.2 Å². The molecule has 5 nitrogen and oxygen atoms in total. The summed E-state index contributed by atoms with van der Waals surface area (Å²) < 4.78 is 27.4. The monoisotopic (exact) mass is 325 g/mol. The summed E-state index contributed by atoms with van der Waals surface area (Å²) in [5.41, 5.74) is -0.0631. The molecule has 0 spiro atoms. The SMILES string of the molecule is CSC1(CNS(=O)(=O)c2cccnc2C#N)CCCCC1. The highest BCUT2D eigenvalue weighted by Crippen LogP contribution is 2.38. The molecule has 1 aliphatic rings. The first-order valence-corrected chi connectivity index (χ1v) is 9.64. The largest absolute Gasteiger partial charge is 0.244 e. The number of rotatable bonds is 5. The van der Waals surface area contributed by atoms with Crippen molar-refractivity contribution in [2.45, 2.75) is 41.7 Å². The zero-order chi connectivity index (χ0) is 15.3. The molecule has 1 aromatic heterocycles. The molecule has 1 heterocycles. The summed E-state index contributed by atoms with van der Waals surface area (Å²) in [6.45, 7) is 0.399. The summed E-state index contributed by atoms with van der Waals surface area (Å²) in [5, 5.41) is 8.99. The Bertz CT molecular complexity index is 632. The van der Waals surface area contributed by atoms with Crippen LogP contribution in [0.15, 0.2) is 23.2 Å². The number of nitrogens with zero attached hydrogens (tertiary/aromatic N) is 2. The summed E-state index contributed by atoms with van der Waals surface area (Å²) in [4.78, 5) is 3.77. The summed E-state index contributed by atoms with van der Waals surface area (Å²) in [7, 11) is -3.70. The van der Waals surface area contributed by atoms with Crippen LogP contribution in [0.25, 0.3) is 0 Å². The third-order valence-electron chi connectivity index (χ3n) is 3.95. The second-order valence-electron chi connectivity index (χ2n) is 5.23. The lowest BCUT2D eigenvalue weighted by Gasteiger charge is -2.35. The maximum absolute atomic E-state index is 12.4. The Morgan fingerprint density at radius 3 is 2.76 bits per heavy atom. The Morgan fingerprint density at radius 2 is 2.14 bits per heavy atom. The van der Waals surface area contributed by atoms with Gasteiger partial charge in [0.05, 0.1) is 0 Å². The average Bonchev–Trinajstić information content (AvgIpc) is 2.54. The fourth-order valence-electron chi connectivity index (χ4n) is 2.64. The maximum atomic E-state index is 12.4. The van der Waals surface area contributed by atoms with Gasteiger partial charge in [0.1, 0.15) is 11.0 Å². The highest BCUT2D eigenvalue weighted by atomic mass is 32.2. The average molecular weight is 325 g/mol. The van der Waals surface area contributed by atoms with Crippen LogP contribution in [0, 0.1) is 11.3 Å². The minimum Gasteiger partial charge on any atom is -0.244 e. The molecule has 1 saturated carbocycles. The first kappa shape index (κ1) is 16.3. The molecule has 1 aromatic rings. The molecule has 0 radical (unpaired) electrons. The molecule has 0 atom stereocenters. The van der Waals surface area contributed by atoms with E-state index < -0.39 is 10.0 Å². The molecule has 1 N–H and O–H groups in total. The van der Waals surface area contributed by atoms with Gasteiger partial charge < -0.3 is 0 Å². The molecule has 2 rings (SSSR count). The molecule has 0 bridgehead atoms. The molecule has 114 valence electrons. The van der Waals surface area contributed by atoms with Crippen LogP contribution in [0.5, 0.6) is 0 Å². The second-order valence-corrected chi connectivity index (χ2v) is 8.24. The summed E-state index contributed by atoms with van der Waals surface area (Å²) in [6, 6.07) is 4.77. The number of sulfonamides is 1. The van der Waals surface area contributed by atoms with Crippen molar-refractivity contribution in [3.05, 3.63) is 24.0 Å². The second kappa shape index (κ2) is 6.77. The smallest absolute Gasteiger partial charge is 0.243 e. The number of hydrogen-bond donors (Lipinski definition) is 1. The molecule has 1 aliphatic carbocycles. The van der Waals surface area contributed by atoms with Gasteiger partial charge in [-0.1, -0.05) is 19.3 Å². The van der Waals surface area contributed by atoms with Gasteiger partial charge in [0, 0.05) is 17.5 Å². The van der Waals surface area contributed by atoms with E-state index in [4.69, 9.17) is 5.26 Å². The molecule has 0 aliphatic heterocycles. The normalized spacial score (nSPS) is 18.1. The van der Waals surface area contributed by atoms with Crippen molar-refractivity contribution in [2.24, 2.45) is 0 Å². The highest BCUT2D eigenvalue weighted by molar-refractivity contribution is 8.00. The zero-order valence-corrected chi connectivity index (χ0v) is 13.6. The lowest BCUT2D eigenvalue weighted by atomic mass is 9.88. The van der Waals surface area contributed by atoms with Gasteiger partial charge in [0.2, 0.25) is 10.0 Å². The van der Waals surface area contributed by atoms with Crippen LogP contribution in [-0.4, -0.2) is 30.9 Å². The summed E-state index contributed by atoms with van der Waals surface area (Å²) in [5.74, 6) is 0. The van der Waals surface area contributed by atoms with Crippen LogP contribution in [-0.2, 0) is 10.0 Å². The Hall–Kier alpha value is -1.10. The number of aromatic nitrogens is 1. The predicted octanol–water partition coefficient (Wildman–Crippen LogP) is 2.30. The lowest BCUT2D eigenvalue weighted by Crippen LogP contribution is -2.41. The van der Waals surface area contributed by atoms with Gasteiger partial charge in [-0.2, -0.15) is 17.0 Å². The van der Waals surface area contributed by atoms with Crippen molar-refractivity contribution < 1.29 is 8.42 Å². The molecule has 7 heteroatoms. The predicted molar refractivity (Wildman–Crippen MR) is 83.5 cm³/mol. The van der Waals surface area contributed by atoms with E-state index in [9.17, 15) is 8.42 Å². The van der Waals surface area contributed by atoms with Crippen LogP contribution >= 0.6 is 11.8 Å². The number of pyridine rings is 1. The van der Waals surface area contributed by atoms with Crippen molar-refractivity contribution in [3.63, 3.8) is 0 Å². The fraction of sp³-hybridized carbons (Fsp3) is 0.571. The van der Waals surface area contributed by atoms with Crippen molar-refractivity contribution >= 4 is 21.8 Å². The fourth-order valence-corrected chi connectivity index (χ4v) is 4.88. The minimum atomic E-state index is -3.70. The molecular formula is C14H19N3O2S2. The van der Waals surface area contributed by atoms with Gasteiger partial charge in [-0.15, -0.1) is 0 Å². The van der Waals surface area contributed by atoms with E-state index in [0.717, 1.165) is 25.7 Å². The van der Waals surface area contributed by atoms with Gasteiger partial charge >= 0.3 is 0 Å². The summed E-state index contributed by atoms with van der Waals surface area (Å²) in [6.07, 6.45) is 8.99. The molecular weight excluding hydrogens is 306 g/mol. The van der Waals surface area contributed by atoms with Gasteiger partial charge in [-0.3, -0.25) is 0 Å². The third kappa shape index (κ3) is 3.76. The van der Waals surface area contributed by atoms with E-state index >= 15 is 0 Å². The quantitative estimate of drug-likeness (QED) is 0.898. The minimum absolute atomic E-state index is 0.0274. The van der Waals surface area contributed by atoms with Gasteiger partial charge in [-0.25, -0.2) is 18.1 Å². The van der Waals surface area contributed by atoms with Crippen LogP contribution in [0.3, 0.4) is 0 Å². The van der Waals surface area contributed by atoms with Crippen molar-refractivity contribution in [1.29, 1.82) is 5.26 Å². The number of thioether (sulfide) groups is 1. The van der Waals surface area contributed by atoms with Crippen LogP contribution in [0.4, 0.5) is 0 Å².